The van der Waals surface area contributed by atoms with Gasteiger partial charge in [0.25, 0.3) is 5.91 Å². The molecule has 0 bridgehead atoms. The van der Waals surface area contributed by atoms with Crippen LogP contribution in [0.5, 0.6) is 0 Å². The number of aromatic amines is 1. The highest BCUT2D eigenvalue weighted by molar-refractivity contribution is 5.95. The number of hydrogen-bond acceptors (Lipinski definition) is 4. The molecule has 1 aliphatic heterocycles. The van der Waals surface area contributed by atoms with E-state index in [9.17, 15) is 14.7 Å². The smallest absolute Gasteiger partial charge is 0.310 e. The summed E-state index contributed by atoms with van der Waals surface area (Å²) in [6.45, 7) is 1.12. The second kappa shape index (κ2) is 7.12. The second-order valence-electron chi connectivity index (χ2n) is 6.39. The minimum Gasteiger partial charge on any atom is -0.481 e. The van der Waals surface area contributed by atoms with E-state index >= 15 is 0 Å². The van der Waals surface area contributed by atoms with Gasteiger partial charge in [-0.15, -0.1) is 0 Å². The zero-order valence-corrected chi connectivity index (χ0v) is 13.2. The van der Waals surface area contributed by atoms with Crippen LogP contribution in [0.1, 0.15) is 54.1 Å². The number of aliphatic carboxylic acids is 1. The summed E-state index contributed by atoms with van der Waals surface area (Å²) in [6.07, 6.45) is 7.32. The zero-order valence-electron chi connectivity index (χ0n) is 13.2. The molecule has 2 heterocycles. The highest BCUT2D eigenvalue weighted by atomic mass is 16.5. The number of carboxylic acid groups (broad SMARTS) is 1. The summed E-state index contributed by atoms with van der Waals surface area (Å²) in [5.41, 5.74) is 1.50. The maximum atomic E-state index is 12.9. The molecule has 0 radical (unpaired) electrons. The molecule has 2 aliphatic rings. The summed E-state index contributed by atoms with van der Waals surface area (Å²) >= 11 is 0. The Balaban J connectivity index is 1.77. The largest absolute Gasteiger partial charge is 0.481 e. The highest BCUT2D eigenvalue weighted by Gasteiger charge is 2.31. The number of nitrogens with zero attached hydrogens (tertiary/aromatic N) is 2. The number of amides is 1. The van der Waals surface area contributed by atoms with Gasteiger partial charge in [-0.1, -0.05) is 19.3 Å². The minimum atomic E-state index is -0.926. The van der Waals surface area contributed by atoms with Crippen molar-refractivity contribution >= 4 is 11.9 Å². The Labute approximate surface area is 135 Å². The van der Waals surface area contributed by atoms with Crippen molar-refractivity contribution in [1.29, 1.82) is 0 Å². The van der Waals surface area contributed by atoms with Crippen LogP contribution in [-0.4, -0.2) is 58.4 Å². The summed E-state index contributed by atoms with van der Waals surface area (Å²) in [7, 11) is 0. The molecule has 2 fully saturated rings. The number of ether oxygens (including phenoxy) is 1. The SMILES string of the molecule is O=C(O)C1COCCN(C(=O)c2cn[nH]c2C2CCCCC2)C1. The lowest BCUT2D eigenvalue weighted by molar-refractivity contribution is -0.143. The van der Waals surface area contributed by atoms with Crippen LogP contribution in [-0.2, 0) is 9.53 Å². The lowest BCUT2D eigenvalue weighted by atomic mass is 9.85. The quantitative estimate of drug-likeness (QED) is 0.882. The molecule has 3 rings (SSSR count). The fourth-order valence-corrected chi connectivity index (χ4v) is 3.48. The third kappa shape index (κ3) is 3.55. The van der Waals surface area contributed by atoms with Crippen LogP contribution < -0.4 is 0 Å². The topological polar surface area (TPSA) is 95.5 Å². The molecule has 126 valence electrons. The molecule has 1 aromatic heterocycles. The molecular formula is C16H23N3O4. The minimum absolute atomic E-state index is 0.143. The van der Waals surface area contributed by atoms with Gasteiger partial charge in [-0.3, -0.25) is 14.7 Å². The van der Waals surface area contributed by atoms with Gasteiger partial charge in [-0.25, -0.2) is 0 Å². The molecule has 1 amide bonds. The Hall–Kier alpha value is -1.89. The predicted molar refractivity (Wildman–Crippen MR) is 82.3 cm³/mol. The summed E-state index contributed by atoms with van der Waals surface area (Å²) in [5, 5.41) is 16.3. The van der Waals surface area contributed by atoms with Gasteiger partial charge in [0.2, 0.25) is 0 Å². The number of H-pyrrole nitrogens is 1. The third-order valence-corrected chi connectivity index (χ3v) is 4.81. The van der Waals surface area contributed by atoms with Crippen molar-refractivity contribution in [3.05, 3.63) is 17.5 Å². The van der Waals surface area contributed by atoms with Gasteiger partial charge in [0.1, 0.15) is 0 Å². The molecule has 1 aromatic rings. The Morgan fingerprint density at radius 3 is 2.83 bits per heavy atom. The van der Waals surface area contributed by atoms with Gasteiger partial charge in [-0.2, -0.15) is 5.10 Å². The van der Waals surface area contributed by atoms with Crippen molar-refractivity contribution < 1.29 is 19.4 Å². The second-order valence-corrected chi connectivity index (χ2v) is 6.39. The summed E-state index contributed by atoms with van der Waals surface area (Å²) in [4.78, 5) is 25.7. The fourth-order valence-electron chi connectivity index (χ4n) is 3.48. The van der Waals surface area contributed by atoms with Crippen LogP contribution >= 0.6 is 0 Å². The van der Waals surface area contributed by atoms with E-state index in [1.165, 1.54) is 19.3 Å². The summed E-state index contributed by atoms with van der Waals surface area (Å²) in [6, 6.07) is 0. The first-order valence-electron chi connectivity index (χ1n) is 8.30. The average molecular weight is 321 g/mol. The van der Waals surface area contributed by atoms with Crippen molar-refractivity contribution in [2.45, 2.75) is 38.0 Å². The number of carbonyl (C=O) groups is 2. The van der Waals surface area contributed by atoms with Crippen LogP contribution in [0.15, 0.2) is 6.20 Å². The van der Waals surface area contributed by atoms with Crippen molar-refractivity contribution in [3.8, 4) is 0 Å². The number of carbonyl (C=O) groups excluding carboxylic acids is 1. The van der Waals surface area contributed by atoms with E-state index in [0.29, 0.717) is 24.6 Å². The highest BCUT2D eigenvalue weighted by Crippen LogP contribution is 2.33. The average Bonchev–Trinajstić information content (AvgIpc) is 2.92. The van der Waals surface area contributed by atoms with Gasteiger partial charge in [0, 0.05) is 19.0 Å². The van der Waals surface area contributed by atoms with E-state index < -0.39 is 11.9 Å². The van der Waals surface area contributed by atoms with E-state index in [4.69, 9.17) is 4.74 Å². The van der Waals surface area contributed by atoms with E-state index in [1.54, 1.807) is 11.1 Å². The van der Waals surface area contributed by atoms with E-state index in [-0.39, 0.29) is 19.1 Å². The Bertz CT molecular complexity index is 565. The van der Waals surface area contributed by atoms with E-state index in [0.717, 1.165) is 18.5 Å². The molecule has 1 unspecified atom stereocenters. The number of rotatable bonds is 3. The van der Waals surface area contributed by atoms with Gasteiger partial charge in [0.15, 0.2) is 0 Å². The molecule has 1 atom stereocenters. The molecule has 1 aliphatic carbocycles. The first kappa shape index (κ1) is 16.0. The standard InChI is InChI=1S/C16H23N3O4/c20-15(19-6-7-23-10-12(9-19)16(21)22)13-8-17-18-14(13)11-4-2-1-3-5-11/h8,11-12H,1-7,9-10H2,(H,17,18)(H,21,22). The molecule has 7 heteroatoms. The number of nitrogens with one attached hydrogen (secondary N) is 1. The van der Waals surface area contributed by atoms with Gasteiger partial charge in [0.05, 0.1) is 36.6 Å². The first-order valence-corrected chi connectivity index (χ1v) is 8.30. The molecular weight excluding hydrogens is 298 g/mol. The van der Waals surface area contributed by atoms with Crippen molar-refractivity contribution in [3.63, 3.8) is 0 Å². The maximum absolute atomic E-state index is 12.9. The third-order valence-electron chi connectivity index (χ3n) is 4.81. The Morgan fingerprint density at radius 1 is 1.30 bits per heavy atom. The van der Waals surface area contributed by atoms with Crippen LogP contribution in [0.2, 0.25) is 0 Å². The van der Waals surface area contributed by atoms with Gasteiger partial charge < -0.3 is 14.7 Å². The molecule has 1 saturated carbocycles. The summed E-state index contributed by atoms with van der Waals surface area (Å²) in [5.74, 6) is -1.39. The zero-order chi connectivity index (χ0) is 16.2. The van der Waals surface area contributed by atoms with Crippen molar-refractivity contribution in [1.82, 2.24) is 15.1 Å². The van der Waals surface area contributed by atoms with Crippen LogP contribution in [0.3, 0.4) is 0 Å². The lowest BCUT2D eigenvalue weighted by Crippen LogP contribution is -2.38. The molecule has 1 saturated heterocycles. The maximum Gasteiger partial charge on any atom is 0.310 e. The van der Waals surface area contributed by atoms with E-state index in [2.05, 4.69) is 10.2 Å². The number of carboxylic acids is 1. The van der Waals surface area contributed by atoms with Crippen molar-refractivity contribution in [2.75, 3.05) is 26.3 Å². The first-order chi connectivity index (χ1) is 11.2. The van der Waals surface area contributed by atoms with Gasteiger partial charge in [-0.05, 0) is 12.8 Å². The van der Waals surface area contributed by atoms with Crippen LogP contribution in [0.4, 0.5) is 0 Å². The molecule has 23 heavy (non-hydrogen) atoms. The lowest BCUT2D eigenvalue weighted by Gasteiger charge is -2.24. The molecule has 0 aromatic carbocycles. The fraction of sp³-hybridized carbons (Fsp3) is 0.688. The summed E-state index contributed by atoms with van der Waals surface area (Å²) < 4.78 is 5.31. The number of hydrogen-bond donors (Lipinski definition) is 2. The molecule has 2 N–H and O–H groups in total. The molecule has 7 nitrogen and oxygen atoms in total. The van der Waals surface area contributed by atoms with Crippen LogP contribution in [0.25, 0.3) is 0 Å². The van der Waals surface area contributed by atoms with Crippen molar-refractivity contribution in [2.24, 2.45) is 5.92 Å². The Morgan fingerprint density at radius 2 is 2.09 bits per heavy atom. The monoisotopic (exact) mass is 321 g/mol. The Kier molecular flexibility index (Phi) is 4.95. The normalized spacial score (nSPS) is 23.5. The molecule has 0 spiro atoms. The van der Waals surface area contributed by atoms with Crippen LogP contribution in [0, 0.1) is 5.92 Å². The predicted octanol–water partition coefficient (Wildman–Crippen LogP) is 1.63. The number of aromatic nitrogens is 2. The van der Waals surface area contributed by atoms with E-state index in [1.807, 2.05) is 0 Å². The van der Waals surface area contributed by atoms with Gasteiger partial charge >= 0.3 is 5.97 Å².